The van der Waals surface area contributed by atoms with E-state index in [2.05, 4.69) is 5.32 Å². The third-order valence-corrected chi connectivity index (χ3v) is 4.11. The molecule has 1 aliphatic rings. The van der Waals surface area contributed by atoms with Crippen LogP contribution in [0.1, 0.15) is 38.2 Å². The molecule has 0 aliphatic heterocycles. The maximum Gasteiger partial charge on any atom is 0.239 e. The van der Waals surface area contributed by atoms with Gasteiger partial charge in [0.15, 0.2) is 0 Å². The largest absolute Gasteiger partial charge is 0.352 e. The average molecular weight is 306 g/mol. The lowest BCUT2D eigenvalue weighted by atomic mass is 10.1. The van der Waals surface area contributed by atoms with Gasteiger partial charge in [0.1, 0.15) is 5.82 Å². The summed E-state index contributed by atoms with van der Waals surface area (Å²) in [5, 5.41) is 2.97. The van der Waals surface area contributed by atoms with Crippen molar-refractivity contribution >= 4 is 11.8 Å². The van der Waals surface area contributed by atoms with Crippen molar-refractivity contribution in [2.45, 2.75) is 45.1 Å². The second-order valence-electron chi connectivity index (χ2n) is 5.83. The van der Waals surface area contributed by atoms with Crippen LogP contribution >= 0.6 is 0 Å². The van der Waals surface area contributed by atoms with Gasteiger partial charge in [-0.25, -0.2) is 4.39 Å². The van der Waals surface area contributed by atoms with Crippen LogP contribution < -0.4 is 5.32 Å². The number of benzene rings is 1. The molecule has 0 saturated heterocycles. The molecule has 0 unspecified atom stereocenters. The van der Waals surface area contributed by atoms with E-state index in [1.807, 2.05) is 0 Å². The van der Waals surface area contributed by atoms with Gasteiger partial charge in [0, 0.05) is 19.5 Å². The molecule has 0 heterocycles. The maximum atomic E-state index is 13.6. The highest BCUT2D eigenvalue weighted by atomic mass is 19.1. The summed E-state index contributed by atoms with van der Waals surface area (Å²) in [7, 11) is 0. The van der Waals surface area contributed by atoms with E-state index in [0.29, 0.717) is 18.5 Å². The van der Waals surface area contributed by atoms with E-state index in [0.717, 1.165) is 25.7 Å². The minimum atomic E-state index is -0.276. The lowest BCUT2D eigenvalue weighted by Gasteiger charge is -2.22. The number of rotatable bonds is 6. The van der Waals surface area contributed by atoms with E-state index >= 15 is 0 Å². The Morgan fingerprint density at radius 1 is 1.27 bits per heavy atom. The number of amides is 2. The normalized spacial score (nSPS) is 14.8. The first-order valence-corrected chi connectivity index (χ1v) is 7.84. The second-order valence-corrected chi connectivity index (χ2v) is 5.83. The van der Waals surface area contributed by atoms with Crippen LogP contribution in [0.2, 0.25) is 0 Å². The van der Waals surface area contributed by atoms with Crippen LogP contribution in [0.15, 0.2) is 24.3 Å². The second kappa shape index (κ2) is 7.92. The first-order valence-electron chi connectivity index (χ1n) is 7.84. The van der Waals surface area contributed by atoms with Crippen molar-refractivity contribution in [1.29, 1.82) is 0 Å². The Hall–Kier alpha value is -1.91. The van der Waals surface area contributed by atoms with Crippen molar-refractivity contribution in [1.82, 2.24) is 10.2 Å². The lowest BCUT2D eigenvalue weighted by molar-refractivity contribution is -0.134. The first-order chi connectivity index (χ1) is 10.6. The molecule has 0 aromatic heterocycles. The zero-order chi connectivity index (χ0) is 15.9. The van der Waals surface area contributed by atoms with Crippen molar-refractivity contribution in [3.63, 3.8) is 0 Å². The Labute approximate surface area is 130 Å². The average Bonchev–Trinajstić information content (AvgIpc) is 2.97. The Bertz CT molecular complexity index is 527. The summed E-state index contributed by atoms with van der Waals surface area (Å²) in [6.45, 7) is 1.82. The van der Waals surface area contributed by atoms with Crippen LogP contribution in [-0.2, 0) is 16.0 Å². The zero-order valence-electron chi connectivity index (χ0n) is 13.0. The van der Waals surface area contributed by atoms with Crippen LogP contribution in [0.25, 0.3) is 0 Å². The molecular weight excluding hydrogens is 283 g/mol. The van der Waals surface area contributed by atoms with Crippen LogP contribution in [0.5, 0.6) is 0 Å². The summed E-state index contributed by atoms with van der Waals surface area (Å²) in [6.07, 6.45) is 4.73. The van der Waals surface area contributed by atoms with Gasteiger partial charge in [0.05, 0.1) is 6.54 Å². The summed E-state index contributed by atoms with van der Waals surface area (Å²) in [5.74, 6) is -0.574. The highest BCUT2D eigenvalue weighted by Crippen LogP contribution is 2.17. The number of nitrogens with one attached hydrogen (secondary N) is 1. The fourth-order valence-electron chi connectivity index (χ4n) is 2.82. The van der Waals surface area contributed by atoms with Crippen LogP contribution in [0.4, 0.5) is 4.39 Å². The molecule has 1 N–H and O–H groups in total. The number of carbonyl (C=O) groups excluding carboxylic acids is 2. The fraction of sp³-hybridized carbons (Fsp3) is 0.529. The van der Waals surface area contributed by atoms with Gasteiger partial charge in [-0.2, -0.15) is 0 Å². The minimum absolute atomic E-state index is 0.0420. The van der Waals surface area contributed by atoms with Gasteiger partial charge in [-0.3, -0.25) is 9.59 Å². The van der Waals surface area contributed by atoms with Gasteiger partial charge < -0.3 is 10.2 Å². The van der Waals surface area contributed by atoms with Gasteiger partial charge in [-0.1, -0.05) is 31.0 Å². The minimum Gasteiger partial charge on any atom is -0.352 e. The monoisotopic (exact) mass is 306 g/mol. The molecule has 5 heteroatoms. The van der Waals surface area contributed by atoms with E-state index in [1.54, 1.807) is 18.2 Å². The predicted octanol–water partition coefficient (Wildman–Crippen LogP) is 2.28. The number of nitrogens with zero attached hydrogens (tertiary/aromatic N) is 1. The molecule has 0 bridgehead atoms. The van der Waals surface area contributed by atoms with Crippen molar-refractivity contribution in [3.05, 3.63) is 35.6 Å². The summed E-state index contributed by atoms with van der Waals surface area (Å²) in [5.41, 5.74) is 0.560. The molecular formula is C17H23FN2O2. The van der Waals surface area contributed by atoms with Gasteiger partial charge >= 0.3 is 0 Å². The fourth-order valence-corrected chi connectivity index (χ4v) is 2.82. The molecule has 0 spiro atoms. The Morgan fingerprint density at radius 2 is 1.95 bits per heavy atom. The molecule has 22 heavy (non-hydrogen) atoms. The molecule has 4 nitrogen and oxygen atoms in total. The highest BCUT2D eigenvalue weighted by molar-refractivity contribution is 5.83. The van der Waals surface area contributed by atoms with Gasteiger partial charge in [-0.15, -0.1) is 0 Å². The molecule has 1 saturated carbocycles. The Kier molecular flexibility index (Phi) is 5.92. The third-order valence-electron chi connectivity index (χ3n) is 4.11. The van der Waals surface area contributed by atoms with Crippen molar-refractivity contribution in [2.24, 2.45) is 0 Å². The van der Waals surface area contributed by atoms with E-state index < -0.39 is 0 Å². The molecule has 0 radical (unpaired) electrons. The Balaban J connectivity index is 1.85. The van der Waals surface area contributed by atoms with Crippen LogP contribution in [-0.4, -0.2) is 35.8 Å². The summed E-state index contributed by atoms with van der Waals surface area (Å²) < 4.78 is 13.6. The Morgan fingerprint density at radius 3 is 2.59 bits per heavy atom. The highest BCUT2D eigenvalue weighted by Gasteiger charge is 2.19. The topological polar surface area (TPSA) is 49.4 Å². The maximum absolute atomic E-state index is 13.6. The predicted molar refractivity (Wildman–Crippen MR) is 82.8 cm³/mol. The van der Waals surface area contributed by atoms with Crippen LogP contribution in [0, 0.1) is 5.82 Å². The summed E-state index contributed by atoms with van der Waals surface area (Å²) in [4.78, 5) is 25.2. The molecule has 1 aromatic rings. The molecule has 2 rings (SSSR count). The van der Waals surface area contributed by atoms with Crippen molar-refractivity contribution < 1.29 is 14.0 Å². The van der Waals surface area contributed by atoms with E-state index in [9.17, 15) is 14.0 Å². The first kappa shape index (κ1) is 16.5. The molecule has 0 atom stereocenters. The van der Waals surface area contributed by atoms with Crippen molar-refractivity contribution in [2.75, 3.05) is 13.1 Å². The summed E-state index contributed by atoms with van der Waals surface area (Å²) >= 11 is 0. The molecule has 2 amide bonds. The third kappa shape index (κ3) is 4.83. The summed E-state index contributed by atoms with van der Waals surface area (Å²) in [6, 6.07) is 6.75. The smallest absolute Gasteiger partial charge is 0.239 e. The van der Waals surface area contributed by atoms with Gasteiger partial charge in [-0.05, 0) is 30.9 Å². The molecule has 1 aromatic carbocycles. The SMILES string of the molecule is CC(=O)N(CCc1ccccc1F)CC(=O)NC1CCCC1. The lowest BCUT2D eigenvalue weighted by Crippen LogP contribution is -2.43. The molecule has 1 aliphatic carbocycles. The van der Waals surface area contributed by atoms with E-state index in [4.69, 9.17) is 0 Å². The zero-order valence-corrected chi connectivity index (χ0v) is 13.0. The molecule has 1 fully saturated rings. The van der Waals surface area contributed by atoms with Crippen LogP contribution in [0.3, 0.4) is 0 Å². The number of hydrogen-bond acceptors (Lipinski definition) is 2. The quantitative estimate of drug-likeness (QED) is 0.876. The van der Waals surface area contributed by atoms with E-state index in [1.165, 1.54) is 17.9 Å². The standard InChI is InChI=1S/C17H23FN2O2/c1-13(21)20(11-10-14-6-2-5-9-16(14)18)12-17(22)19-15-7-3-4-8-15/h2,5-6,9,15H,3-4,7-8,10-12H2,1H3,(H,19,22). The van der Waals surface area contributed by atoms with Crippen molar-refractivity contribution in [3.8, 4) is 0 Å². The van der Waals surface area contributed by atoms with Gasteiger partial charge in [0.25, 0.3) is 0 Å². The van der Waals surface area contributed by atoms with E-state index in [-0.39, 0.29) is 30.2 Å². The number of hydrogen-bond donors (Lipinski definition) is 1. The molecule has 120 valence electrons. The number of carbonyl (C=O) groups is 2. The number of halogens is 1. The van der Waals surface area contributed by atoms with Gasteiger partial charge in [0.2, 0.25) is 11.8 Å².